The van der Waals surface area contributed by atoms with Crippen molar-refractivity contribution in [3.63, 3.8) is 0 Å². The number of hydrogen-bond acceptors (Lipinski definition) is 14. The van der Waals surface area contributed by atoms with Crippen molar-refractivity contribution in [1.82, 2.24) is 39.9 Å². The number of nitrogens with zero attached hydrogens (tertiary/aromatic N) is 12. The molecule has 2 atom stereocenters. The average molecular weight is 1020 g/mol. The topological polar surface area (TPSA) is 193 Å². The first-order chi connectivity index (χ1) is 34.1. The molecule has 376 valence electrons. The molecule has 5 aliphatic rings. The minimum Gasteiger partial charge on any atom is -0.366 e. The van der Waals surface area contributed by atoms with E-state index in [1.54, 1.807) is 28.1 Å². The van der Waals surface area contributed by atoms with Gasteiger partial charge in [0.15, 0.2) is 29.6 Å². The van der Waals surface area contributed by atoms with Gasteiger partial charge in [-0.3, -0.25) is 40.4 Å². The Balaban J connectivity index is 0.000000138. The summed E-state index contributed by atoms with van der Waals surface area (Å²) in [5, 5.41) is 5.88. The number of halogens is 7. The molecule has 6 aromatic heterocycles. The van der Waals surface area contributed by atoms with E-state index in [2.05, 4.69) is 60.3 Å². The molecule has 4 bridgehead atoms. The van der Waals surface area contributed by atoms with Crippen LogP contribution in [0.1, 0.15) is 63.8 Å². The maximum atomic E-state index is 13.1. The van der Waals surface area contributed by atoms with Crippen molar-refractivity contribution in [3.05, 3.63) is 120 Å². The van der Waals surface area contributed by atoms with E-state index >= 15 is 0 Å². The van der Waals surface area contributed by atoms with Gasteiger partial charge in [-0.1, -0.05) is 17.7 Å². The Morgan fingerprint density at radius 3 is 1.58 bits per heavy atom. The molecule has 25 heteroatoms. The first-order valence-electron chi connectivity index (χ1n) is 22.5. The second kappa shape index (κ2) is 19.4. The van der Waals surface area contributed by atoms with Crippen LogP contribution in [-0.2, 0) is 21.8 Å². The summed E-state index contributed by atoms with van der Waals surface area (Å²) in [5.41, 5.74) is 0.125. The van der Waals surface area contributed by atoms with Gasteiger partial charge in [0.2, 0.25) is 0 Å². The van der Waals surface area contributed by atoms with Gasteiger partial charge in [-0.25, -0.2) is 29.5 Å². The quantitative estimate of drug-likeness (QED) is 0.125. The SMILES string of the molecule is CC1(C)OC(c2ccc(C(F)(F)F)nc2)OC1(C)C.O=C(Nc1cnccn1)N1c2nc(-c3ccc(C(F)(F)F)nc3)ccc2N2CC[C@H]1C2.O=C(Nc1cnccn1)N1c2nc(Cl)ccc2N2CC[C@H]1C2. The molecule has 0 radical (unpaired) electrons. The van der Waals surface area contributed by atoms with Crippen LogP contribution in [0.2, 0.25) is 5.15 Å². The fourth-order valence-corrected chi connectivity index (χ4v) is 8.70. The summed E-state index contributed by atoms with van der Waals surface area (Å²) in [6, 6.07) is 11.1. The van der Waals surface area contributed by atoms with Crippen LogP contribution < -0.4 is 30.2 Å². The lowest BCUT2D eigenvalue weighted by atomic mass is 9.90. The summed E-state index contributed by atoms with van der Waals surface area (Å²) in [6.45, 7) is 10.7. The van der Waals surface area contributed by atoms with E-state index in [9.17, 15) is 35.9 Å². The third-order valence-electron chi connectivity index (χ3n) is 12.9. The normalized spacial score (nSPS) is 19.3. The second-order valence-electron chi connectivity index (χ2n) is 18.1. The first kappa shape index (κ1) is 49.7. The molecule has 5 aliphatic heterocycles. The van der Waals surface area contributed by atoms with E-state index in [0.29, 0.717) is 51.8 Å². The van der Waals surface area contributed by atoms with Crippen LogP contribution in [0, 0.1) is 0 Å². The number of pyridine rings is 4. The van der Waals surface area contributed by atoms with Crippen LogP contribution in [0.15, 0.2) is 98.1 Å². The predicted molar refractivity (Wildman–Crippen MR) is 252 cm³/mol. The number of carbonyl (C=O) groups is 2. The monoisotopic (exact) mass is 1020 g/mol. The van der Waals surface area contributed by atoms with Crippen LogP contribution in [0.3, 0.4) is 0 Å². The summed E-state index contributed by atoms with van der Waals surface area (Å²) in [6.07, 6.45) is 3.35. The van der Waals surface area contributed by atoms with Crippen LogP contribution in [0.5, 0.6) is 0 Å². The van der Waals surface area contributed by atoms with Crippen LogP contribution in [0.25, 0.3) is 11.3 Å². The highest BCUT2D eigenvalue weighted by atomic mass is 35.5. The molecule has 0 spiro atoms. The number of urea groups is 2. The van der Waals surface area contributed by atoms with Crippen molar-refractivity contribution >= 4 is 58.3 Å². The van der Waals surface area contributed by atoms with Gasteiger partial charge in [0.25, 0.3) is 0 Å². The Morgan fingerprint density at radius 2 is 1.12 bits per heavy atom. The van der Waals surface area contributed by atoms with Crippen molar-refractivity contribution < 1.29 is 45.4 Å². The fourth-order valence-electron chi connectivity index (χ4n) is 8.55. The van der Waals surface area contributed by atoms with E-state index in [1.807, 2.05) is 39.8 Å². The number of anilines is 6. The van der Waals surface area contributed by atoms with Crippen molar-refractivity contribution in [1.29, 1.82) is 0 Å². The van der Waals surface area contributed by atoms with E-state index in [4.69, 9.17) is 21.1 Å². The largest absolute Gasteiger partial charge is 0.433 e. The molecule has 3 saturated heterocycles. The maximum Gasteiger partial charge on any atom is 0.433 e. The molecular formula is C47H45ClF6N14O4. The number of fused-ring (bicyclic) bond motifs is 8. The Bertz CT molecular complexity index is 2910. The van der Waals surface area contributed by atoms with E-state index in [0.717, 1.165) is 68.4 Å². The predicted octanol–water partition coefficient (Wildman–Crippen LogP) is 9.44. The molecule has 6 aromatic rings. The van der Waals surface area contributed by atoms with Gasteiger partial charge in [-0.05, 0) is 83.0 Å². The molecular weight excluding hydrogens is 974 g/mol. The highest BCUT2D eigenvalue weighted by molar-refractivity contribution is 6.29. The number of alkyl halides is 6. The van der Waals surface area contributed by atoms with Crippen molar-refractivity contribution in [2.45, 2.75) is 82.5 Å². The molecule has 18 nitrogen and oxygen atoms in total. The molecule has 2 N–H and O–H groups in total. The molecule has 11 rings (SSSR count). The number of aromatic nitrogens is 8. The molecule has 0 aromatic carbocycles. The molecule has 11 heterocycles. The van der Waals surface area contributed by atoms with Gasteiger partial charge in [0, 0.05) is 74.5 Å². The maximum absolute atomic E-state index is 13.1. The average Bonchev–Trinajstić information content (AvgIpc) is 4.02. The van der Waals surface area contributed by atoms with Gasteiger partial charge in [-0.15, -0.1) is 0 Å². The third-order valence-corrected chi connectivity index (χ3v) is 13.1. The second-order valence-corrected chi connectivity index (χ2v) is 18.5. The zero-order chi connectivity index (χ0) is 51.2. The minimum absolute atomic E-state index is 0.0716. The van der Waals surface area contributed by atoms with Gasteiger partial charge in [0.05, 0.1) is 52.7 Å². The minimum atomic E-state index is -4.51. The Labute approximate surface area is 412 Å². The molecule has 0 aliphatic carbocycles. The number of nitrogens with one attached hydrogen (secondary N) is 2. The third kappa shape index (κ3) is 10.4. The molecule has 0 saturated carbocycles. The number of rotatable bonds is 4. The summed E-state index contributed by atoms with van der Waals surface area (Å²) in [5.74, 6) is 1.78. The number of hydrogen-bond donors (Lipinski definition) is 2. The Morgan fingerprint density at radius 1 is 0.625 bits per heavy atom. The Kier molecular flexibility index (Phi) is 13.4. The van der Waals surface area contributed by atoms with E-state index < -0.39 is 41.2 Å². The fraction of sp³-hybridized carbons (Fsp3) is 0.362. The zero-order valence-electron chi connectivity index (χ0n) is 38.9. The van der Waals surface area contributed by atoms with Gasteiger partial charge >= 0.3 is 24.4 Å². The van der Waals surface area contributed by atoms with Crippen LogP contribution in [0.4, 0.5) is 70.6 Å². The van der Waals surface area contributed by atoms with Gasteiger partial charge < -0.3 is 19.3 Å². The zero-order valence-corrected chi connectivity index (χ0v) is 39.6. The standard InChI is InChI=1S/C20H16F3N7O.C14H13ClN6O.C13H16F3NO2/c21-20(22,23)16-4-1-12(9-26-16)14-2-3-15-18(27-14)30(13-5-8-29(15)11-13)19(31)28-17-10-24-6-7-25-17;15-11-2-1-10-13(18-11)21(9-3-6-20(10)8-9)14(22)19-12-7-16-4-5-17-12;1-11(2)12(3,4)19-10(18-11)8-5-6-9(17-7-8)13(14,15)16/h1-4,6-7,9-10,13H,5,8,11H2,(H,25,28,31);1-2,4-5,7,9H,3,6,8H2,(H,17,19,22);5-7,10H,1-4H3/t13-;9-;/m00./s1. The highest BCUT2D eigenvalue weighted by Crippen LogP contribution is 2.45. The van der Waals surface area contributed by atoms with Crippen LogP contribution in [-0.4, -0.2) is 101 Å². The van der Waals surface area contributed by atoms with Gasteiger partial charge in [-0.2, -0.15) is 26.3 Å². The summed E-state index contributed by atoms with van der Waals surface area (Å²) >= 11 is 6.01. The Hall–Kier alpha value is -7.31. The molecule has 72 heavy (non-hydrogen) atoms. The number of ether oxygens (including phenoxy) is 2. The van der Waals surface area contributed by atoms with E-state index in [1.165, 1.54) is 43.1 Å². The molecule has 0 unspecified atom stereocenters. The first-order valence-corrected chi connectivity index (χ1v) is 22.9. The van der Waals surface area contributed by atoms with Gasteiger partial charge in [0.1, 0.15) is 16.5 Å². The van der Waals surface area contributed by atoms with Crippen molar-refractivity contribution in [2.24, 2.45) is 0 Å². The molecule has 4 amide bonds. The smallest absolute Gasteiger partial charge is 0.366 e. The number of amides is 4. The summed E-state index contributed by atoms with van der Waals surface area (Å²) < 4.78 is 87.2. The lowest BCUT2D eigenvalue weighted by Crippen LogP contribution is -2.48. The summed E-state index contributed by atoms with van der Waals surface area (Å²) in [4.78, 5) is 65.3. The molecule has 3 fully saturated rings. The lowest BCUT2D eigenvalue weighted by Gasteiger charge is -2.35. The highest BCUT2D eigenvalue weighted by Gasteiger charge is 2.50. The van der Waals surface area contributed by atoms with Crippen LogP contribution >= 0.6 is 11.6 Å². The van der Waals surface area contributed by atoms with Crippen molar-refractivity contribution in [3.8, 4) is 11.3 Å². The summed E-state index contributed by atoms with van der Waals surface area (Å²) in [7, 11) is 0. The number of carbonyl (C=O) groups excluding carboxylic acids is 2. The lowest BCUT2D eigenvalue weighted by molar-refractivity contribution is -0.142. The van der Waals surface area contributed by atoms with E-state index in [-0.39, 0.29) is 24.1 Å². The van der Waals surface area contributed by atoms with Crippen molar-refractivity contribution in [2.75, 3.05) is 56.4 Å².